The van der Waals surface area contributed by atoms with Crippen molar-refractivity contribution in [3.05, 3.63) is 71.3 Å². The summed E-state index contributed by atoms with van der Waals surface area (Å²) in [6, 6.07) is 15.1. The van der Waals surface area contributed by atoms with E-state index in [0.29, 0.717) is 12.5 Å². The maximum Gasteiger partial charge on any atom is 0.266 e. The number of pyridine rings is 1. The zero-order valence-corrected chi connectivity index (χ0v) is 14.6. The number of nitrogens with one attached hydrogen (secondary N) is 1. The molecular weight excluding hydrogens is 340 g/mol. The van der Waals surface area contributed by atoms with Gasteiger partial charge in [-0.1, -0.05) is 12.1 Å². The fraction of sp³-hybridized carbons (Fsp3) is 0.200. The summed E-state index contributed by atoms with van der Waals surface area (Å²) >= 11 is 0. The van der Waals surface area contributed by atoms with Crippen LogP contribution in [0.25, 0.3) is 22.3 Å². The molecule has 7 heteroatoms. The Morgan fingerprint density at radius 3 is 2.78 bits per heavy atom. The predicted molar refractivity (Wildman–Crippen MR) is 104 cm³/mol. The van der Waals surface area contributed by atoms with Crippen molar-refractivity contribution in [2.24, 2.45) is 5.92 Å². The van der Waals surface area contributed by atoms with Crippen LogP contribution in [0, 0.1) is 5.92 Å². The van der Waals surface area contributed by atoms with Crippen LogP contribution in [-0.4, -0.2) is 37.8 Å². The van der Waals surface area contributed by atoms with Crippen LogP contribution in [-0.2, 0) is 6.54 Å². The highest BCUT2D eigenvalue weighted by Crippen LogP contribution is 2.25. The lowest BCUT2D eigenvalue weighted by Crippen LogP contribution is -2.50. The van der Waals surface area contributed by atoms with Gasteiger partial charge in [-0.15, -0.1) is 0 Å². The minimum atomic E-state index is -0.0789. The first-order valence-corrected chi connectivity index (χ1v) is 8.94. The van der Waals surface area contributed by atoms with Gasteiger partial charge in [0.1, 0.15) is 0 Å². The van der Waals surface area contributed by atoms with E-state index in [1.807, 2.05) is 36.4 Å². The van der Waals surface area contributed by atoms with E-state index >= 15 is 0 Å². The van der Waals surface area contributed by atoms with E-state index in [1.54, 1.807) is 29.2 Å². The van der Waals surface area contributed by atoms with Crippen LogP contribution < -0.4 is 10.5 Å². The van der Waals surface area contributed by atoms with E-state index in [0.717, 1.165) is 41.3 Å². The molecule has 4 aromatic rings. The van der Waals surface area contributed by atoms with Gasteiger partial charge in [0.25, 0.3) is 5.56 Å². The van der Waals surface area contributed by atoms with Gasteiger partial charge >= 0.3 is 0 Å². The molecule has 0 aliphatic carbocycles. The first-order valence-electron chi connectivity index (χ1n) is 8.94. The summed E-state index contributed by atoms with van der Waals surface area (Å²) in [5.41, 5.74) is 3.60. The lowest BCUT2D eigenvalue weighted by Gasteiger charge is -2.39. The molecule has 0 bridgehead atoms. The van der Waals surface area contributed by atoms with E-state index in [-0.39, 0.29) is 5.56 Å². The normalized spacial score (nSPS) is 14.4. The third kappa shape index (κ3) is 2.97. The summed E-state index contributed by atoms with van der Waals surface area (Å²) in [4.78, 5) is 26.5. The molecule has 134 valence electrons. The van der Waals surface area contributed by atoms with Crippen LogP contribution in [0.15, 0.2) is 65.7 Å². The van der Waals surface area contributed by atoms with Gasteiger partial charge < -0.3 is 9.88 Å². The number of rotatable bonds is 4. The fourth-order valence-corrected chi connectivity index (χ4v) is 3.44. The molecule has 0 saturated carbocycles. The maximum absolute atomic E-state index is 12.2. The van der Waals surface area contributed by atoms with Gasteiger partial charge in [0.15, 0.2) is 0 Å². The van der Waals surface area contributed by atoms with E-state index in [1.165, 1.54) is 0 Å². The first kappa shape index (κ1) is 15.7. The van der Waals surface area contributed by atoms with Crippen LogP contribution in [0.4, 0.5) is 5.95 Å². The van der Waals surface area contributed by atoms with Crippen molar-refractivity contribution < 1.29 is 0 Å². The minimum absolute atomic E-state index is 0.0789. The molecule has 1 aliphatic rings. The molecule has 5 rings (SSSR count). The molecule has 7 nitrogen and oxygen atoms in total. The van der Waals surface area contributed by atoms with Gasteiger partial charge in [-0.05, 0) is 30.3 Å². The van der Waals surface area contributed by atoms with Crippen molar-refractivity contribution in [1.82, 2.24) is 24.7 Å². The summed E-state index contributed by atoms with van der Waals surface area (Å²) in [5.74, 6) is 1.25. The van der Waals surface area contributed by atoms with Crippen LogP contribution in [0.1, 0.15) is 0 Å². The number of aromatic amines is 1. The molecular formula is C20H18N6O. The van der Waals surface area contributed by atoms with E-state index < -0.39 is 0 Å². The highest BCUT2D eigenvalue weighted by atomic mass is 16.1. The summed E-state index contributed by atoms with van der Waals surface area (Å²) in [5, 5.41) is 4.52. The molecule has 4 heterocycles. The van der Waals surface area contributed by atoms with Crippen molar-refractivity contribution in [2.75, 3.05) is 18.0 Å². The molecule has 1 aliphatic heterocycles. The van der Waals surface area contributed by atoms with E-state index in [9.17, 15) is 4.79 Å². The largest absolute Gasteiger partial charge is 0.342 e. The van der Waals surface area contributed by atoms with Gasteiger partial charge in [0, 0.05) is 43.0 Å². The molecule has 0 unspecified atom stereocenters. The number of anilines is 1. The molecule has 27 heavy (non-hydrogen) atoms. The molecule has 1 saturated heterocycles. The van der Waals surface area contributed by atoms with Crippen molar-refractivity contribution in [2.45, 2.75) is 6.54 Å². The summed E-state index contributed by atoms with van der Waals surface area (Å²) < 4.78 is 1.56. The Balaban J connectivity index is 1.30. The van der Waals surface area contributed by atoms with Gasteiger partial charge in [-0.3, -0.25) is 9.78 Å². The number of aromatic nitrogens is 5. The zero-order valence-electron chi connectivity index (χ0n) is 14.6. The van der Waals surface area contributed by atoms with Crippen molar-refractivity contribution in [3.8, 4) is 11.3 Å². The molecule has 0 radical (unpaired) electrons. The first-order chi connectivity index (χ1) is 13.3. The Bertz CT molecular complexity index is 1110. The SMILES string of the molecule is O=c1ccc(-c2cccnc2)nn1CC1CN(c2nc3ccccc3[nH]2)C1. The van der Waals surface area contributed by atoms with E-state index in [4.69, 9.17) is 0 Å². The molecule has 3 aromatic heterocycles. The number of hydrogen-bond acceptors (Lipinski definition) is 5. The Hall–Kier alpha value is -3.48. The topological polar surface area (TPSA) is 79.7 Å². The molecule has 0 atom stereocenters. The summed E-state index contributed by atoms with van der Waals surface area (Å²) in [6.45, 7) is 2.31. The highest BCUT2D eigenvalue weighted by Gasteiger charge is 2.29. The maximum atomic E-state index is 12.2. The molecule has 1 N–H and O–H groups in total. The Labute approximate surface area is 155 Å². The monoisotopic (exact) mass is 358 g/mol. The number of hydrogen-bond donors (Lipinski definition) is 1. The molecule has 0 amide bonds. The summed E-state index contributed by atoms with van der Waals surface area (Å²) in [7, 11) is 0. The van der Waals surface area contributed by atoms with Crippen LogP contribution in [0.3, 0.4) is 0 Å². The van der Waals surface area contributed by atoms with Gasteiger partial charge in [0.2, 0.25) is 5.95 Å². The number of nitrogens with zero attached hydrogens (tertiary/aromatic N) is 5. The molecule has 1 aromatic carbocycles. The van der Waals surface area contributed by atoms with Gasteiger partial charge in [-0.25, -0.2) is 9.67 Å². The lowest BCUT2D eigenvalue weighted by atomic mass is 10.0. The average molecular weight is 358 g/mol. The predicted octanol–water partition coefficient (Wildman–Crippen LogP) is 2.32. The van der Waals surface area contributed by atoms with Crippen LogP contribution in [0.2, 0.25) is 0 Å². The number of H-pyrrole nitrogens is 1. The number of imidazole rings is 1. The average Bonchev–Trinajstić information content (AvgIpc) is 3.10. The van der Waals surface area contributed by atoms with Crippen LogP contribution >= 0.6 is 0 Å². The Kier molecular flexibility index (Phi) is 3.71. The second-order valence-corrected chi connectivity index (χ2v) is 6.83. The fourth-order valence-electron chi connectivity index (χ4n) is 3.44. The van der Waals surface area contributed by atoms with Crippen LogP contribution in [0.5, 0.6) is 0 Å². The zero-order chi connectivity index (χ0) is 18.2. The third-order valence-electron chi connectivity index (χ3n) is 4.89. The number of fused-ring (bicyclic) bond motifs is 1. The van der Waals surface area contributed by atoms with E-state index in [2.05, 4.69) is 25.0 Å². The number of para-hydroxylation sites is 2. The Morgan fingerprint density at radius 2 is 1.96 bits per heavy atom. The van der Waals surface area contributed by atoms with Gasteiger partial charge in [0.05, 0.1) is 23.3 Å². The smallest absolute Gasteiger partial charge is 0.266 e. The lowest BCUT2D eigenvalue weighted by molar-refractivity contribution is 0.332. The van der Waals surface area contributed by atoms with Crippen molar-refractivity contribution in [3.63, 3.8) is 0 Å². The Morgan fingerprint density at radius 1 is 1.07 bits per heavy atom. The summed E-state index contributed by atoms with van der Waals surface area (Å²) in [6.07, 6.45) is 3.48. The standard InChI is InChI=1S/C20H18N6O/c27-19-8-7-16(15-4-3-9-21-10-15)24-26(19)13-14-11-25(12-14)20-22-17-5-1-2-6-18(17)23-20/h1-10,14H,11-13H2,(H,22,23). The molecule has 0 spiro atoms. The number of benzene rings is 1. The third-order valence-corrected chi connectivity index (χ3v) is 4.89. The highest BCUT2D eigenvalue weighted by molar-refractivity contribution is 5.77. The van der Waals surface area contributed by atoms with Gasteiger partial charge in [-0.2, -0.15) is 5.10 Å². The second-order valence-electron chi connectivity index (χ2n) is 6.83. The quantitative estimate of drug-likeness (QED) is 0.606. The minimum Gasteiger partial charge on any atom is -0.342 e. The van der Waals surface area contributed by atoms with Crippen molar-refractivity contribution >= 4 is 17.0 Å². The molecule has 1 fully saturated rings. The second kappa shape index (κ2) is 6.35. The van der Waals surface area contributed by atoms with Crippen molar-refractivity contribution in [1.29, 1.82) is 0 Å².